The largest absolute Gasteiger partial charge is 0.463 e. The number of rotatable bonds is 16. The molecule has 0 aromatic rings. The molecule has 1 rings (SSSR count). The lowest BCUT2D eigenvalue weighted by molar-refractivity contribution is -0.237. The van der Waals surface area contributed by atoms with E-state index in [0.717, 1.165) is 67.7 Å². The number of hydrogen-bond donors (Lipinski definition) is 0. The molecule has 0 radical (unpaired) electrons. The Bertz CT molecular complexity index is 1320. The summed E-state index contributed by atoms with van der Waals surface area (Å²) in [6, 6.07) is 0. The van der Waals surface area contributed by atoms with Crippen LogP contribution in [0.2, 0.25) is 0 Å². The second-order valence-corrected chi connectivity index (χ2v) is 11.3. The zero-order valence-electron chi connectivity index (χ0n) is 28.8. The van der Waals surface area contributed by atoms with Crippen LogP contribution in [0.5, 0.6) is 0 Å². The molecule has 8 atom stereocenters. The third-order valence-corrected chi connectivity index (χ3v) is 6.85. The summed E-state index contributed by atoms with van der Waals surface area (Å²) in [4.78, 5) is 109. The molecule has 1 aliphatic rings. The quantitative estimate of drug-likeness (QED) is 0.119. The van der Waals surface area contributed by atoms with Crippen molar-refractivity contribution in [3.63, 3.8) is 0 Å². The van der Waals surface area contributed by atoms with Gasteiger partial charge in [-0.1, -0.05) is 11.8 Å². The van der Waals surface area contributed by atoms with E-state index in [1.165, 1.54) is 0 Å². The van der Waals surface area contributed by atoms with Gasteiger partial charge in [0.1, 0.15) is 24.8 Å². The molecular weight excluding hydrogens is 696 g/mol. The summed E-state index contributed by atoms with van der Waals surface area (Å²) in [5.74, 6) is -8.66. The lowest BCUT2D eigenvalue weighted by Crippen LogP contribution is -2.61. The molecule has 280 valence electrons. The number of hydrogen-bond acceptors (Lipinski definition) is 20. The second kappa shape index (κ2) is 20.7. The normalized spacial score (nSPS) is 21.9. The summed E-state index contributed by atoms with van der Waals surface area (Å²) in [7, 11) is 0. The van der Waals surface area contributed by atoms with Gasteiger partial charge in [-0.15, -0.1) is 0 Å². The molecular formula is C30H40O19S. The van der Waals surface area contributed by atoms with E-state index in [1.807, 2.05) is 0 Å². The second-order valence-electron chi connectivity index (χ2n) is 10.4. The zero-order valence-corrected chi connectivity index (χ0v) is 29.6. The van der Waals surface area contributed by atoms with Gasteiger partial charge >= 0.3 is 53.7 Å². The van der Waals surface area contributed by atoms with E-state index in [9.17, 15) is 43.2 Å². The molecule has 0 aliphatic carbocycles. The van der Waals surface area contributed by atoms with Crippen molar-refractivity contribution >= 4 is 65.5 Å². The van der Waals surface area contributed by atoms with Crippen LogP contribution in [-0.2, 0) is 90.5 Å². The molecule has 0 aromatic carbocycles. The van der Waals surface area contributed by atoms with Gasteiger partial charge in [0.05, 0.1) is 0 Å². The predicted octanol–water partition coefficient (Wildman–Crippen LogP) is 0.565. The summed E-state index contributed by atoms with van der Waals surface area (Å²) < 4.78 is 53.5. The number of ether oxygens (including phenoxy) is 10. The predicted molar refractivity (Wildman–Crippen MR) is 163 cm³/mol. The molecule has 1 heterocycles. The smallest absolute Gasteiger partial charge is 0.307 e. The summed E-state index contributed by atoms with van der Waals surface area (Å²) in [5.41, 5.74) is -1.43. The molecule has 50 heavy (non-hydrogen) atoms. The third-order valence-electron chi connectivity index (χ3n) is 5.84. The van der Waals surface area contributed by atoms with Crippen molar-refractivity contribution in [1.29, 1.82) is 0 Å². The standard InChI is InChI=1S/C30H40O19S/c1-13(31)40-10-22(42-15(3)33)25(44-17(5)35)27(46-19(7)37)24(43-16(4)34)12-50-30-29(48-21(9)39)28(47-20(8)38)26(45-18(6)36)23(49-30)11-41-14(2)32/h12,22-23,25-30H,10-11H2,1-9H3/b24-12+/t22-,23-,25-,26-,27-,28+,29-,30-/m1/s1. The van der Waals surface area contributed by atoms with Crippen LogP contribution in [0.4, 0.5) is 0 Å². The molecule has 0 N–H and O–H groups in total. The highest BCUT2D eigenvalue weighted by molar-refractivity contribution is 8.02. The van der Waals surface area contributed by atoms with Crippen molar-refractivity contribution in [2.24, 2.45) is 0 Å². The van der Waals surface area contributed by atoms with Gasteiger partial charge in [0.25, 0.3) is 0 Å². The van der Waals surface area contributed by atoms with Gasteiger partial charge in [-0.3, -0.25) is 43.2 Å². The number of carbonyl (C=O) groups excluding carboxylic acids is 9. The van der Waals surface area contributed by atoms with E-state index in [1.54, 1.807) is 0 Å². The van der Waals surface area contributed by atoms with Crippen molar-refractivity contribution < 1.29 is 90.5 Å². The Kier molecular flexibility index (Phi) is 17.9. The first kappa shape index (κ1) is 43.3. The highest BCUT2D eigenvalue weighted by Crippen LogP contribution is 2.36. The highest BCUT2D eigenvalue weighted by Gasteiger charge is 2.52. The topological polar surface area (TPSA) is 246 Å². The summed E-state index contributed by atoms with van der Waals surface area (Å²) >= 11 is 0.587. The maximum atomic E-state index is 12.3. The van der Waals surface area contributed by atoms with Crippen molar-refractivity contribution in [3.8, 4) is 0 Å². The number of carbonyl (C=O) groups is 9. The van der Waals surface area contributed by atoms with Crippen LogP contribution in [0.15, 0.2) is 11.2 Å². The molecule has 0 bridgehead atoms. The maximum Gasteiger partial charge on any atom is 0.307 e. The third kappa shape index (κ3) is 15.7. The van der Waals surface area contributed by atoms with E-state index in [4.69, 9.17) is 47.4 Å². The lowest BCUT2D eigenvalue weighted by atomic mass is 9.99. The fourth-order valence-corrected chi connectivity index (χ4v) is 5.37. The van der Waals surface area contributed by atoms with E-state index in [-0.39, 0.29) is 0 Å². The Morgan fingerprint density at radius 3 is 1.54 bits per heavy atom. The Labute approximate surface area is 290 Å². The van der Waals surface area contributed by atoms with Crippen LogP contribution in [0.25, 0.3) is 0 Å². The molecule has 0 unspecified atom stereocenters. The minimum atomic E-state index is -1.88. The SMILES string of the molecule is CC(=O)OC[C@H]1O[C@H](S/C=C(/OC(C)=O)[C@@H](OC(C)=O)[C@H](OC(C)=O)[C@@H](COC(C)=O)OC(C)=O)[C@H](OC(C)=O)[C@@H](OC(C)=O)[C@@H]1OC(C)=O. The molecule has 0 amide bonds. The number of thioether (sulfide) groups is 1. The Hall–Kier alpha value is -4.72. The number of esters is 9. The van der Waals surface area contributed by atoms with Gasteiger partial charge in [0, 0.05) is 67.7 Å². The first-order valence-electron chi connectivity index (χ1n) is 14.7. The van der Waals surface area contributed by atoms with Crippen LogP contribution in [0.1, 0.15) is 62.3 Å². The first-order valence-corrected chi connectivity index (χ1v) is 15.6. The van der Waals surface area contributed by atoms with Crippen LogP contribution >= 0.6 is 11.8 Å². The summed E-state index contributed by atoms with van der Waals surface area (Å²) in [6.45, 7) is 7.89. The molecule has 1 fully saturated rings. The van der Waals surface area contributed by atoms with Gasteiger partial charge in [0.2, 0.25) is 6.10 Å². The molecule has 0 spiro atoms. The lowest BCUT2D eigenvalue weighted by Gasteiger charge is -2.44. The van der Waals surface area contributed by atoms with Crippen molar-refractivity contribution in [1.82, 2.24) is 0 Å². The highest BCUT2D eigenvalue weighted by atomic mass is 32.2. The van der Waals surface area contributed by atoms with Crippen molar-refractivity contribution in [2.45, 2.75) is 110 Å². The van der Waals surface area contributed by atoms with Crippen LogP contribution in [0, 0.1) is 0 Å². The van der Waals surface area contributed by atoms with E-state index < -0.39 is 121 Å². The van der Waals surface area contributed by atoms with E-state index in [2.05, 4.69) is 0 Å². The van der Waals surface area contributed by atoms with Crippen LogP contribution < -0.4 is 0 Å². The Morgan fingerprint density at radius 2 is 1.08 bits per heavy atom. The minimum Gasteiger partial charge on any atom is -0.463 e. The zero-order chi connectivity index (χ0) is 38.3. The Morgan fingerprint density at radius 1 is 0.580 bits per heavy atom. The molecule has 1 aliphatic heterocycles. The van der Waals surface area contributed by atoms with Crippen molar-refractivity contribution in [3.05, 3.63) is 11.2 Å². The van der Waals surface area contributed by atoms with Crippen molar-refractivity contribution in [2.75, 3.05) is 13.2 Å². The Balaban J connectivity index is 3.92. The van der Waals surface area contributed by atoms with Crippen LogP contribution in [0.3, 0.4) is 0 Å². The molecule has 19 nitrogen and oxygen atoms in total. The van der Waals surface area contributed by atoms with Crippen LogP contribution in [-0.4, -0.2) is 115 Å². The minimum absolute atomic E-state index is 0.541. The van der Waals surface area contributed by atoms with E-state index >= 15 is 0 Å². The molecule has 0 saturated carbocycles. The molecule has 1 saturated heterocycles. The van der Waals surface area contributed by atoms with Gasteiger partial charge < -0.3 is 47.4 Å². The van der Waals surface area contributed by atoms with Gasteiger partial charge in [-0.05, 0) is 0 Å². The first-order chi connectivity index (χ1) is 23.2. The summed E-state index contributed by atoms with van der Waals surface area (Å²) in [6.07, 6.45) is -11.2. The van der Waals surface area contributed by atoms with E-state index in [0.29, 0.717) is 11.8 Å². The monoisotopic (exact) mass is 736 g/mol. The average molecular weight is 737 g/mol. The fraction of sp³-hybridized carbons (Fsp3) is 0.633. The molecule has 0 aromatic heterocycles. The van der Waals surface area contributed by atoms with Gasteiger partial charge in [0.15, 0.2) is 36.3 Å². The van der Waals surface area contributed by atoms with Gasteiger partial charge in [-0.25, -0.2) is 0 Å². The van der Waals surface area contributed by atoms with Gasteiger partial charge in [-0.2, -0.15) is 0 Å². The average Bonchev–Trinajstić information content (AvgIpc) is 2.95. The molecule has 20 heteroatoms. The maximum absolute atomic E-state index is 12.3. The fourth-order valence-electron chi connectivity index (χ4n) is 4.35. The summed E-state index contributed by atoms with van der Waals surface area (Å²) in [5, 5.41) is 1.03.